The van der Waals surface area contributed by atoms with Crippen molar-refractivity contribution in [2.75, 3.05) is 4.90 Å². The van der Waals surface area contributed by atoms with Crippen molar-refractivity contribution in [2.24, 2.45) is 0 Å². The van der Waals surface area contributed by atoms with E-state index in [2.05, 4.69) is 62.6 Å². The minimum atomic E-state index is -0.504. The molecule has 0 saturated carbocycles. The molecule has 0 fully saturated rings. The molecule has 5 nitrogen and oxygen atoms in total. The molecular formula is C34H28BNO4. The average Bonchev–Trinajstić information content (AvgIpc) is 2.98. The second-order valence-electron chi connectivity index (χ2n) is 9.27. The Kier molecular flexibility index (Phi) is 7.98. The first-order chi connectivity index (χ1) is 19.5. The summed E-state index contributed by atoms with van der Waals surface area (Å²) in [6.45, 7) is 5.48. The summed E-state index contributed by atoms with van der Waals surface area (Å²) in [6.07, 6.45) is 1.12. The summed E-state index contributed by atoms with van der Waals surface area (Å²) >= 11 is 0. The minimum Gasteiger partial charge on any atom is -0.457 e. The lowest BCUT2D eigenvalue weighted by Gasteiger charge is -2.26. The number of anilines is 3. The van der Waals surface area contributed by atoms with Crippen molar-refractivity contribution in [1.29, 1.82) is 0 Å². The molecule has 0 aromatic heterocycles. The molecule has 196 valence electrons. The van der Waals surface area contributed by atoms with Crippen molar-refractivity contribution in [3.63, 3.8) is 0 Å². The zero-order valence-electron chi connectivity index (χ0n) is 22.4. The predicted octanol–water partition coefficient (Wildman–Crippen LogP) is 7.40. The molecule has 40 heavy (non-hydrogen) atoms. The van der Waals surface area contributed by atoms with Crippen molar-refractivity contribution < 1.29 is 19.0 Å². The molecule has 0 radical (unpaired) electrons. The average molecular weight is 525 g/mol. The van der Waals surface area contributed by atoms with E-state index in [1.54, 1.807) is 24.3 Å². The number of esters is 1. The third-order valence-electron chi connectivity index (χ3n) is 6.18. The van der Waals surface area contributed by atoms with Crippen molar-refractivity contribution in [3.8, 4) is 28.7 Å². The number of benzene rings is 5. The van der Waals surface area contributed by atoms with Crippen LogP contribution in [0.3, 0.4) is 0 Å². The Labute approximate surface area is 235 Å². The highest BCUT2D eigenvalue weighted by Gasteiger charge is 2.13. The van der Waals surface area contributed by atoms with E-state index in [-0.39, 0.29) is 0 Å². The summed E-state index contributed by atoms with van der Waals surface area (Å²) < 4.78 is 17.2. The lowest BCUT2D eigenvalue weighted by atomic mass is 9.97. The SMILES string of the molecule is Bc1ccc(Oc2ccc(N(c3ccc(C)cc3)c3ccc(Oc4ccc(OC(=O)C=C)cc4)cc3)cc2)cc1. The molecule has 0 bridgehead atoms. The fourth-order valence-corrected chi connectivity index (χ4v) is 4.08. The zero-order valence-corrected chi connectivity index (χ0v) is 22.4. The molecule has 0 aliphatic rings. The van der Waals surface area contributed by atoms with E-state index in [0.717, 1.165) is 34.6 Å². The minimum absolute atomic E-state index is 0.427. The largest absolute Gasteiger partial charge is 0.457 e. The number of carbonyl (C=O) groups is 1. The molecule has 5 aromatic rings. The van der Waals surface area contributed by atoms with E-state index < -0.39 is 5.97 Å². The van der Waals surface area contributed by atoms with Gasteiger partial charge in [-0.3, -0.25) is 0 Å². The van der Waals surface area contributed by atoms with Crippen LogP contribution in [0.2, 0.25) is 0 Å². The normalized spacial score (nSPS) is 10.4. The van der Waals surface area contributed by atoms with Crippen LogP contribution in [0.4, 0.5) is 17.1 Å². The molecule has 0 aliphatic heterocycles. The van der Waals surface area contributed by atoms with Gasteiger partial charge < -0.3 is 19.1 Å². The third-order valence-corrected chi connectivity index (χ3v) is 6.18. The van der Waals surface area contributed by atoms with E-state index in [0.29, 0.717) is 17.2 Å². The van der Waals surface area contributed by atoms with Gasteiger partial charge in [0.2, 0.25) is 0 Å². The summed E-state index contributed by atoms with van der Waals surface area (Å²) in [5, 5.41) is 0. The molecule has 0 spiro atoms. The maximum absolute atomic E-state index is 11.4. The molecule has 0 aliphatic carbocycles. The molecule has 5 aromatic carbocycles. The van der Waals surface area contributed by atoms with Crippen LogP contribution in [-0.4, -0.2) is 13.8 Å². The van der Waals surface area contributed by atoms with Crippen molar-refractivity contribution >= 4 is 36.3 Å². The third kappa shape index (κ3) is 6.61. The van der Waals surface area contributed by atoms with E-state index in [1.807, 2.05) is 60.7 Å². The van der Waals surface area contributed by atoms with E-state index >= 15 is 0 Å². The first-order valence-corrected chi connectivity index (χ1v) is 12.9. The van der Waals surface area contributed by atoms with Gasteiger partial charge in [0.1, 0.15) is 36.6 Å². The van der Waals surface area contributed by atoms with Crippen molar-refractivity contribution in [3.05, 3.63) is 140 Å². The lowest BCUT2D eigenvalue weighted by Crippen LogP contribution is -2.09. The first-order valence-electron chi connectivity index (χ1n) is 12.9. The van der Waals surface area contributed by atoms with Gasteiger partial charge in [0, 0.05) is 23.1 Å². The Morgan fingerprint density at radius 3 is 1.38 bits per heavy atom. The molecular weight excluding hydrogens is 497 g/mol. The quantitative estimate of drug-likeness (QED) is 0.0869. The summed E-state index contributed by atoms with van der Waals surface area (Å²) in [4.78, 5) is 13.6. The van der Waals surface area contributed by atoms with Crippen LogP contribution in [0, 0.1) is 6.92 Å². The summed E-state index contributed by atoms with van der Waals surface area (Å²) in [7, 11) is 2.05. The molecule has 0 N–H and O–H groups in total. The highest BCUT2D eigenvalue weighted by atomic mass is 16.5. The van der Waals surface area contributed by atoms with Crippen molar-refractivity contribution in [1.82, 2.24) is 0 Å². The van der Waals surface area contributed by atoms with Gasteiger partial charge in [-0.2, -0.15) is 0 Å². The van der Waals surface area contributed by atoms with Gasteiger partial charge in [-0.05, 0) is 104 Å². The monoisotopic (exact) mass is 525 g/mol. The van der Waals surface area contributed by atoms with Crippen LogP contribution in [0.1, 0.15) is 5.56 Å². The summed E-state index contributed by atoms with van der Waals surface area (Å²) in [5.41, 5.74) is 5.40. The maximum Gasteiger partial charge on any atom is 0.335 e. The van der Waals surface area contributed by atoms with Crippen LogP contribution in [0.25, 0.3) is 0 Å². The Hall–Kier alpha value is -5.23. The van der Waals surface area contributed by atoms with Crippen LogP contribution < -0.4 is 24.6 Å². The van der Waals surface area contributed by atoms with E-state index in [9.17, 15) is 4.79 Å². The molecule has 0 amide bonds. The standard InChI is InChI=1S/C34H28BNO4/c1-3-34(37)40-33-22-20-32(21-23-33)39-31-18-12-28(13-19-31)36(26-8-4-24(2)5-9-26)27-10-16-30(17-11-27)38-29-14-6-25(35)7-15-29/h3-23H,1,35H2,2H3. The topological polar surface area (TPSA) is 48.0 Å². The Morgan fingerprint density at radius 1 is 0.600 bits per heavy atom. The molecule has 0 atom stereocenters. The Morgan fingerprint density at radius 2 is 0.950 bits per heavy atom. The molecule has 5 rings (SSSR count). The van der Waals surface area contributed by atoms with Crippen LogP contribution >= 0.6 is 0 Å². The van der Waals surface area contributed by atoms with E-state index in [1.165, 1.54) is 11.0 Å². The van der Waals surface area contributed by atoms with Crippen LogP contribution in [-0.2, 0) is 4.79 Å². The second-order valence-corrected chi connectivity index (χ2v) is 9.27. The molecule has 0 unspecified atom stereocenters. The highest BCUT2D eigenvalue weighted by Crippen LogP contribution is 2.37. The number of ether oxygens (including phenoxy) is 3. The number of hydrogen-bond acceptors (Lipinski definition) is 5. The van der Waals surface area contributed by atoms with Crippen molar-refractivity contribution in [2.45, 2.75) is 6.92 Å². The fourth-order valence-electron chi connectivity index (χ4n) is 4.08. The first kappa shape index (κ1) is 26.4. The molecule has 6 heteroatoms. The smallest absolute Gasteiger partial charge is 0.335 e. The van der Waals surface area contributed by atoms with Crippen LogP contribution in [0.5, 0.6) is 28.7 Å². The summed E-state index contributed by atoms with van der Waals surface area (Å²) in [6, 6.07) is 39.2. The van der Waals surface area contributed by atoms with Gasteiger partial charge in [0.05, 0.1) is 0 Å². The fraction of sp³-hybridized carbons (Fsp3) is 0.0294. The summed E-state index contributed by atoms with van der Waals surface area (Å²) in [5.74, 6) is 2.81. The molecule has 0 heterocycles. The van der Waals surface area contributed by atoms with Crippen LogP contribution in [0.15, 0.2) is 134 Å². The number of carbonyl (C=O) groups excluding carboxylic acids is 1. The number of nitrogens with zero attached hydrogens (tertiary/aromatic N) is 1. The van der Waals surface area contributed by atoms with Gasteiger partial charge in [0.25, 0.3) is 0 Å². The number of hydrogen-bond donors (Lipinski definition) is 0. The van der Waals surface area contributed by atoms with Gasteiger partial charge in [0.15, 0.2) is 0 Å². The Balaban J connectivity index is 1.36. The lowest BCUT2D eigenvalue weighted by molar-refractivity contribution is -0.128. The predicted molar refractivity (Wildman–Crippen MR) is 163 cm³/mol. The zero-order chi connectivity index (χ0) is 27.9. The number of aryl methyl sites for hydroxylation is 1. The second kappa shape index (κ2) is 12.1. The Bertz CT molecular complexity index is 1580. The molecule has 0 saturated heterocycles. The number of rotatable bonds is 9. The van der Waals surface area contributed by atoms with Gasteiger partial charge in [-0.15, -0.1) is 0 Å². The van der Waals surface area contributed by atoms with Gasteiger partial charge >= 0.3 is 5.97 Å². The van der Waals surface area contributed by atoms with E-state index in [4.69, 9.17) is 14.2 Å². The highest BCUT2D eigenvalue weighted by molar-refractivity contribution is 6.32. The van der Waals surface area contributed by atoms with Gasteiger partial charge in [-0.25, -0.2) is 4.79 Å². The maximum atomic E-state index is 11.4. The van der Waals surface area contributed by atoms with Gasteiger partial charge in [-0.1, -0.05) is 41.9 Å².